The molecule has 1 fully saturated rings. The highest BCUT2D eigenvalue weighted by atomic mass is 32.2. The highest BCUT2D eigenvalue weighted by molar-refractivity contribution is 7.90. The van der Waals surface area contributed by atoms with Crippen LogP contribution in [0.2, 0.25) is 0 Å². The molecule has 1 amide bonds. The van der Waals surface area contributed by atoms with Crippen molar-refractivity contribution in [3.63, 3.8) is 0 Å². The van der Waals surface area contributed by atoms with Gasteiger partial charge >= 0.3 is 0 Å². The minimum atomic E-state index is -3.81. The van der Waals surface area contributed by atoms with Crippen LogP contribution in [0.5, 0.6) is 0 Å². The van der Waals surface area contributed by atoms with Gasteiger partial charge in [0, 0.05) is 30.1 Å². The number of nitrogens with one attached hydrogen (secondary N) is 1. The predicted octanol–water partition coefficient (Wildman–Crippen LogP) is 3.52. The number of benzene rings is 1. The third-order valence-electron chi connectivity index (χ3n) is 5.89. The van der Waals surface area contributed by atoms with Gasteiger partial charge in [-0.15, -0.1) is 0 Å². The average Bonchev–Trinajstić information content (AvgIpc) is 3.41. The van der Waals surface area contributed by atoms with Crippen LogP contribution >= 0.6 is 0 Å². The second-order valence-electron chi connectivity index (χ2n) is 7.67. The van der Waals surface area contributed by atoms with Crippen molar-refractivity contribution in [2.75, 3.05) is 5.32 Å². The number of hydrogen-bond acceptors (Lipinski definition) is 5. The van der Waals surface area contributed by atoms with E-state index in [2.05, 4.69) is 10.3 Å². The second kappa shape index (κ2) is 8.50. The Kier molecular flexibility index (Phi) is 5.77. The molecule has 1 aliphatic carbocycles. The molecule has 1 saturated carbocycles. The Morgan fingerprint density at radius 1 is 1.13 bits per heavy atom. The standard InChI is InChI=1S/C21H21N3O3S.CH2O2/c25-20-11-10-15-17(23-20)7-3-9-19(15)28(26,27)24-13-16(14-5-1-2-6-14)21-18(24)8-4-12-22-21;2-1-3/h3-4,7-9,12-14H,1-2,5-6,10-11H2,(H,23,25);1H,(H,2,3). The molecule has 0 bridgehead atoms. The van der Waals surface area contributed by atoms with E-state index >= 15 is 0 Å². The number of amides is 1. The van der Waals surface area contributed by atoms with E-state index in [1.54, 1.807) is 36.7 Å². The molecule has 0 spiro atoms. The third-order valence-corrected chi connectivity index (χ3v) is 7.65. The van der Waals surface area contributed by atoms with Crippen molar-refractivity contribution in [1.29, 1.82) is 0 Å². The molecule has 3 aromatic rings. The molecule has 0 atom stereocenters. The van der Waals surface area contributed by atoms with Crippen molar-refractivity contribution < 1.29 is 23.1 Å². The fourth-order valence-electron chi connectivity index (χ4n) is 4.53. The van der Waals surface area contributed by atoms with E-state index in [4.69, 9.17) is 9.90 Å². The van der Waals surface area contributed by atoms with Crippen molar-refractivity contribution in [2.45, 2.75) is 49.3 Å². The fourth-order valence-corrected chi connectivity index (χ4v) is 6.17. The Balaban J connectivity index is 0.000000730. The van der Waals surface area contributed by atoms with Gasteiger partial charge in [-0.3, -0.25) is 14.6 Å². The molecular formula is C22H23N3O5S. The number of carbonyl (C=O) groups excluding carboxylic acids is 1. The van der Waals surface area contributed by atoms with Crippen LogP contribution in [0.15, 0.2) is 47.6 Å². The molecule has 8 nitrogen and oxygen atoms in total. The predicted molar refractivity (Wildman–Crippen MR) is 116 cm³/mol. The SMILES string of the molecule is O=C1CCc2c(cccc2S(=O)(=O)n2cc(C3CCCC3)c3ncccc32)N1.O=CO. The second-order valence-corrected chi connectivity index (χ2v) is 9.46. The third kappa shape index (κ3) is 3.81. The van der Waals surface area contributed by atoms with Crippen LogP contribution in [0, 0.1) is 0 Å². The minimum Gasteiger partial charge on any atom is -0.483 e. The van der Waals surface area contributed by atoms with Gasteiger partial charge < -0.3 is 10.4 Å². The normalized spacial score (nSPS) is 16.3. The van der Waals surface area contributed by atoms with E-state index in [9.17, 15) is 13.2 Å². The summed E-state index contributed by atoms with van der Waals surface area (Å²) in [5.74, 6) is 0.277. The van der Waals surface area contributed by atoms with Crippen molar-refractivity contribution in [1.82, 2.24) is 8.96 Å². The molecule has 0 unspecified atom stereocenters. The summed E-state index contributed by atoms with van der Waals surface area (Å²) in [7, 11) is -3.81. The van der Waals surface area contributed by atoms with Gasteiger partial charge in [-0.1, -0.05) is 18.9 Å². The molecule has 162 valence electrons. The van der Waals surface area contributed by atoms with E-state index in [0.29, 0.717) is 35.5 Å². The lowest BCUT2D eigenvalue weighted by Gasteiger charge is -2.20. The number of carboxylic acid groups (broad SMARTS) is 1. The maximum atomic E-state index is 13.7. The van der Waals surface area contributed by atoms with E-state index in [0.717, 1.165) is 23.9 Å². The largest absolute Gasteiger partial charge is 0.483 e. The van der Waals surface area contributed by atoms with Gasteiger partial charge in [-0.2, -0.15) is 0 Å². The summed E-state index contributed by atoms with van der Waals surface area (Å²) in [6, 6.07) is 8.65. The van der Waals surface area contributed by atoms with Gasteiger partial charge in [0.15, 0.2) is 0 Å². The molecule has 2 aromatic heterocycles. The Labute approximate surface area is 180 Å². The fraction of sp³-hybridized carbons (Fsp3) is 0.318. The van der Waals surface area contributed by atoms with Crippen molar-refractivity contribution in [3.8, 4) is 0 Å². The molecule has 1 aromatic carbocycles. The molecule has 5 rings (SSSR count). The number of fused-ring (bicyclic) bond motifs is 2. The Bertz CT molecular complexity index is 1240. The van der Waals surface area contributed by atoms with Gasteiger partial charge in [-0.25, -0.2) is 12.4 Å². The number of pyridine rings is 1. The first kappa shape index (κ1) is 21.0. The number of aromatic nitrogens is 2. The molecular weight excluding hydrogens is 418 g/mol. The zero-order valence-corrected chi connectivity index (χ0v) is 17.6. The van der Waals surface area contributed by atoms with Gasteiger partial charge in [-0.05, 0) is 55.0 Å². The number of hydrogen-bond donors (Lipinski definition) is 2. The first-order valence-corrected chi connectivity index (χ1v) is 11.6. The molecule has 0 radical (unpaired) electrons. The van der Waals surface area contributed by atoms with Gasteiger partial charge in [0.25, 0.3) is 16.5 Å². The number of anilines is 1. The summed E-state index contributed by atoms with van der Waals surface area (Å²) in [5.41, 5.74) is 3.67. The topological polar surface area (TPSA) is 118 Å². The lowest BCUT2D eigenvalue weighted by atomic mass is 10.00. The van der Waals surface area contributed by atoms with E-state index in [1.807, 2.05) is 6.07 Å². The van der Waals surface area contributed by atoms with Crippen LogP contribution in [0.3, 0.4) is 0 Å². The summed E-state index contributed by atoms with van der Waals surface area (Å²) < 4.78 is 28.7. The summed E-state index contributed by atoms with van der Waals surface area (Å²) >= 11 is 0. The lowest BCUT2D eigenvalue weighted by molar-refractivity contribution is -0.123. The summed E-state index contributed by atoms with van der Waals surface area (Å²) in [6.07, 6.45) is 8.68. The van der Waals surface area contributed by atoms with Gasteiger partial charge in [0.05, 0.1) is 15.9 Å². The average molecular weight is 442 g/mol. The molecule has 9 heteroatoms. The molecule has 2 aliphatic rings. The van der Waals surface area contributed by atoms with Gasteiger partial charge in [0.2, 0.25) is 5.91 Å². The monoisotopic (exact) mass is 441 g/mol. The highest BCUT2D eigenvalue weighted by Gasteiger charge is 2.30. The Morgan fingerprint density at radius 3 is 2.61 bits per heavy atom. The van der Waals surface area contributed by atoms with Crippen LogP contribution in [0.4, 0.5) is 5.69 Å². The Morgan fingerprint density at radius 2 is 1.87 bits per heavy atom. The van der Waals surface area contributed by atoms with Crippen LogP contribution in [0.1, 0.15) is 49.1 Å². The number of carbonyl (C=O) groups is 2. The van der Waals surface area contributed by atoms with Crippen LogP contribution in [-0.2, 0) is 26.0 Å². The first-order chi connectivity index (χ1) is 15.0. The van der Waals surface area contributed by atoms with Crippen LogP contribution in [0.25, 0.3) is 11.0 Å². The highest BCUT2D eigenvalue weighted by Crippen LogP contribution is 2.39. The maximum absolute atomic E-state index is 13.7. The number of nitrogens with zero attached hydrogens (tertiary/aromatic N) is 2. The molecule has 1 aliphatic heterocycles. The minimum absolute atomic E-state index is 0.0822. The molecule has 2 N–H and O–H groups in total. The maximum Gasteiger partial charge on any atom is 0.290 e. The quantitative estimate of drug-likeness (QED) is 0.601. The van der Waals surface area contributed by atoms with Crippen molar-refractivity contribution >= 4 is 39.1 Å². The van der Waals surface area contributed by atoms with E-state index in [-0.39, 0.29) is 17.3 Å². The summed E-state index contributed by atoms with van der Waals surface area (Å²) in [4.78, 5) is 24.8. The zero-order chi connectivity index (χ0) is 22.0. The number of rotatable bonds is 3. The summed E-state index contributed by atoms with van der Waals surface area (Å²) in [5, 5.41) is 9.67. The smallest absolute Gasteiger partial charge is 0.290 e. The van der Waals surface area contributed by atoms with E-state index < -0.39 is 10.0 Å². The van der Waals surface area contributed by atoms with Crippen LogP contribution in [-0.4, -0.2) is 34.9 Å². The van der Waals surface area contributed by atoms with E-state index in [1.165, 1.54) is 16.8 Å². The zero-order valence-electron chi connectivity index (χ0n) is 16.8. The lowest BCUT2D eigenvalue weighted by Crippen LogP contribution is -2.22. The van der Waals surface area contributed by atoms with Crippen molar-refractivity contribution in [2.24, 2.45) is 0 Å². The molecule has 0 saturated heterocycles. The van der Waals surface area contributed by atoms with Crippen molar-refractivity contribution in [3.05, 3.63) is 53.9 Å². The van der Waals surface area contributed by atoms with Gasteiger partial charge in [0.1, 0.15) is 0 Å². The first-order valence-electron chi connectivity index (χ1n) is 10.2. The Hall–Kier alpha value is -3.20. The molecule has 3 heterocycles. The molecule has 31 heavy (non-hydrogen) atoms. The van der Waals surface area contributed by atoms with Crippen LogP contribution < -0.4 is 5.32 Å². The summed E-state index contributed by atoms with van der Waals surface area (Å²) in [6.45, 7) is -0.250.